The van der Waals surface area contributed by atoms with Crippen LogP contribution in [0.2, 0.25) is 0 Å². The van der Waals surface area contributed by atoms with E-state index >= 15 is 0 Å². The molecule has 23 heavy (non-hydrogen) atoms. The summed E-state index contributed by atoms with van der Waals surface area (Å²) in [5.74, 6) is 1.26. The molecule has 1 atom stereocenters. The van der Waals surface area contributed by atoms with Crippen molar-refractivity contribution in [2.75, 3.05) is 7.11 Å². The summed E-state index contributed by atoms with van der Waals surface area (Å²) in [6, 6.07) is 17.0. The van der Waals surface area contributed by atoms with Crippen LogP contribution in [0.4, 0.5) is 0 Å². The number of aromatic amines is 1. The fourth-order valence-electron chi connectivity index (χ4n) is 3.32. The maximum absolute atomic E-state index is 5.42. The Labute approximate surface area is 135 Å². The third-order valence-electron chi connectivity index (χ3n) is 4.46. The first-order chi connectivity index (χ1) is 11.3. The van der Waals surface area contributed by atoms with Crippen LogP contribution in [-0.4, -0.2) is 17.1 Å². The number of benzene rings is 2. The molecular formula is C20H18N2O. The molecule has 4 rings (SSSR count). The number of imidazole rings is 1. The summed E-state index contributed by atoms with van der Waals surface area (Å²) >= 11 is 0. The highest BCUT2D eigenvalue weighted by Gasteiger charge is 2.28. The van der Waals surface area contributed by atoms with Crippen LogP contribution in [0.15, 0.2) is 61.1 Å². The Morgan fingerprint density at radius 2 is 2.04 bits per heavy atom. The maximum Gasteiger partial charge on any atom is 0.119 e. The van der Waals surface area contributed by atoms with Gasteiger partial charge in [0.1, 0.15) is 5.75 Å². The molecule has 0 bridgehead atoms. The minimum absolute atomic E-state index is 0.363. The molecule has 1 aliphatic carbocycles. The standard InChI is InChI=1S/C20H18N2O/c1-23-17-8-7-15-9-18(14-5-3-2-4-6-14)20(19(15)11-17)10-16-12-21-13-22-16/h2-8,10-13,18H,9H2,1H3,(H,21,22)/b20-10+. The molecule has 1 unspecified atom stereocenters. The largest absolute Gasteiger partial charge is 0.497 e. The SMILES string of the molecule is COc1ccc2c(c1)/C(=C/c1cnc[nH]1)C(c1ccccc1)C2. The molecule has 0 spiro atoms. The Hall–Kier alpha value is -2.81. The van der Waals surface area contributed by atoms with Gasteiger partial charge >= 0.3 is 0 Å². The van der Waals surface area contributed by atoms with Gasteiger partial charge in [-0.25, -0.2) is 4.98 Å². The van der Waals surface area contributed by atoms with Gasteiger partial charge in [-0.3, -0.25) is 0 Å². The number of methoxy groups -OCH3 is 1. The second kappa shape index (κ2) is 5.76. The van der Waals surface area contributed by atoms with Crippen LogP contribution < -0.4 is 4.74 Å². The maximum atomic E-state index is 5.42. The van der Waals surface area contributed by atoms with Crippen LogP contribution in [0.3, 0.4) is 0 Å². The minimum Gasteiger partial charge on any atom is -0.497 e. The van der Waals surface area contributed by atoms with Crippen LogP contribution in [-0.2, 0) is 6.42 Å². The summed E-state index contributed by atoms with van der Waals surface area (Å²) in [6.45, 7) is 0. The Balaban J connectivity index is 1.85. The van der Waals surface area contributed by atoms with Gasteiger partial charge in [0.25, 0.3) is 0 Å². The lowest BCUT2D eigenvalue weighted by Gasteiger charge is -2.13. The van der Waals surface area contributed by atoms with E-state index in [9.17, 15) is 0 Å². The molecule has 2 aromatic carbocycles. The van der Waals surface area contributed by atoms with Crippen molar-refractivity contribution in [2.45, 2.75) is 12.3 Å². The molecule has 1 N–H and O–H groups in total. The highest BCUT2D eigenvalue weighted by molar-refractivity contribution is 5.89. The first-order valence-corrected chi connectivity index (χ1v) is 7.77. The third-order valence-corrected chi connectivity index (χ3v) is 4.46. The molecule has 114 valence electrons. The Morgan fingerprint density at radius 1 is 1.17 bits per heavy atom. The summed E-state index contributed by atoms with van der Waals surface area (Å²) in [4.78, 5) is 7.30. The number of fused-ring (bicyclic) bond motifs is 1. The van der Waals surface area contributed by atoms with Crippen LogP contribution in [0.25, 0.3) is 11.6 Å². The monoisotopic (exact) mass is 302 g/mol. The molecule has 0 radical (unpaired) electrons. The molecule has 1 heterocycles. The van der Waals surface area contributed by atoms with Gasteiger partial charge in [-0.1, -0.05) is 36.4 Å². The van der Waals surface area contributed by atoms with E-state index < -0.39 is 0 Å². The van der Waals surface area contributed by atoms with Crippen molar-refractivity contribution in [3.63, 3.8) is 0 Å². The predicted molar refractivity (Wildman–Crippen MR) is 92.3 cm³/mol. The fraction of sp³-hybridized carbons (Fsp3) is 0.150. The molecule has 1 aromatic heterocycles. The van der Waals surface area contributed by atoms with E-state index in [1.807, 2.05) is 12.3 Å². The van der Waals surface area contributed by atoms with E-state index in [0.717, 1.165) is 17.9 Å². The quantitative estimate of drug-likeness (QED) is 0.783. The molecule has 0 fully saturated rings. The lowest BCUT2D eigenvalue weighted by Crippen LogP contribution is -1.97. The van der Waals surface area contributed by atoms with Crippen molar-refractivity contribution >= 4 is 11.6 Å². The van der Waals surface area contributed by atoms with Gasteiger partial charge in [0.15, 0.2) is 0 Å². The number of nitrogens with one attached hydrogen (secondary N) is 1. The number of allylic oxidation sites excluding steroid dienone is 1. The third kappa shape index (κ3) is 2.55. The van der Waals surface area contributed by atoms with Gasteiger partial charge in [0.2, 0.25) is 0 Å². The first-order valence-electron chi connectivity index (χ1n) is 7.77. The van der Waals surface area contributed by atoms with E-state index in [1.54, 1.807) is 13.4 Å². The Morgan fingerprint density at radius 3 is 2.78 bits per heavy atom. The minimum atomic E-state index is 0.363. The molecule has 1 aliphatic rings. The van der Waals surface area contributed by atoms with Gasteiger partial charge in [-0.2, -0.15) is 0 Å². The van der Waals surface area contributed by atoms with E-state index in [1.165, 1.54) is 22.3 Å². The summed E-state index contributed by atoms with van der Waals surface area (Å²) < 4.78 is 5.42. The van der Waals surface area contributed by atoms with Crippen LogP contribution >= 0.6 is 0 Å². The second-order valence-electron chi connectivity index (χ2n) is 5.80. The van der Waals surface area contributed by atoms with Gasteiger partial charge in [-0.15, -0.1) is 0 Å². The van der Waals surface area contributed by atoms with Crippen molar-refractivity contribution < 1.29 is 4.74 Å². The topological polar surface area (TPSA) is 37.9 Å². The van der Waals surface area contributed by atoms with E-state index in [2.05, 4.69) is 58.5 Å². The van der Waals surface area contributed by atoms with Gasteiger partial charge < -0.3 is 9.72 Å². The molecular weight excluding hydrogens is 284 g/mol. The fourth-order valence-corrected chi connectivity index (χ4v) is 3.32. The molecule has 3 heteroatoms. The van der Waals surface area contributed by atoms with Crippen molar-refractivity contribution in [3.8, 4) is 5.75 Å². The number of hydrogen-bond donors (Lipinski definition) is 1. The zero-order valence-corrected chi connectivity index (χ0v) is 13.0. The van der Waals surface area contributed by atoms with Crippen molar-refractivity contribution in [3.05, 3.63) is 83.4 Å². The zero-order chi connectivity index (χ0) is 15.6. The highest BCUT2D eigenvalue weighted by Crippen LogP contribution is 2.45. The molecule has 0 aliphatic heterocycles. The number of ether oxygens (including phenoxy) is 1. The number of rotatable bonds is 3. The second-order valence-corrected chi connectivity index (χ2v) is 5.80. The number of aromatic nitrogens is 2. The van der Waals surface area contributed by atoms with Gasteiger partial charge in [-0.05, 0) is 46.9 Å². The summed E-state index contributed by atoms with van der Waals surface area (Å²) in [5.41, 5.74) is 6.32. The van der Waals surface area contributed by atoms with Crippen LogP contribution in [0.1, 0.15) is 28.3 Å². The lowest BCUT2D eigenvalue weighted by atomic mass is 9.91. The van der Waals surface area contributed by atoms with Gasteiger partial charge in [0.05, 0.1) is 25.3 Å². The molecule has 0 saturated heterocycles. The average molecular weight is 302 g/mol. The smallest absolute Gasteiger partial charge is 0.119 e. The number of nitrogens with zero attached hydrogens (tertiary/aromatic N) is 1. The van der Waals surface area contributed by atoms with Crippen molar-refractivity contribution in [2.24, 2.45) is 0 Å². The lowest BCUT2D eigenvalue weighted by molar-refractivity contribution is 0.414. The van der Waals surface area contributed by atoms with Crippen LogP contribution in [0.5, 0.6) is 5.75 Å². The average Bonchev–Trinajstić information content (AvgIpc) is 3.24. The van der Waals surface area contributed by atoms with Crippen LogP contribution in [0, 0.1) is 0 Å². The number of hydrogen-bond acceptors (Lipinski definition) is 2. The van der Waals surface area contributed by atoms with E-state index in [-0.39, 0.29) is 0 Å². The van der Waals surface area contributed by atoms with Gasteiger partial charge in [0, 0.05) is 5.92 Å². The summed E-state index contributed by atoms with van der Waals surface area (Å²) in [7, 11) is 1.71. The summed E-state index contributed by atoms with van der Waals surface area (Å²) in [6.07, 6.45) is 6.79. The van der Waals surface area contributed by atoms with E-state index in [4.69, 9.17) is 4.74 Å². The summed E-state index contributed by atoms with van der Waals surface area (Å²) in [5, 5.41) is 0. The highest BCUT2D eigenvalue weighted by atomic mass is 16.5. The molecule has 3 aromatic rings. The zero-order valence-electron chi connectivity index (χ0n) is 13.0. The Bertz CT molecular complexity index is 835. The number of H-pyrrole nitrogens is 1. The van der Waals surface area contributed by atoms with Crippen molar-refractivity contribution in [1.82, 2.24) is 9.97 Å². The molecule has 0 amide bonds. The predicted octanol–water partition coefficient (Wildman–Crippen LogP) is 4.30. The molecule has 0 saturated carbocycles. The van der Waals surface area contributed by atoms with Crippen molar-refractivity contribution in [1.29, 1.82) is 0 Å². The molecule has 3 nitrogen and oxygen atoms in total. The Kier molecular flexibility index (Phi) is 3.46. The van der Waals surface area contributed by atoms with E-state index in [0.29, 0.717) is 5.92 Å². The first kappa shape index (κ1) is 13.8. The normalized spacial score (nSPS) is 18.1.